The first-order chi connectivity index (χ1) is 8.29. The van der Waals surface area contributed by atoms with Crippen LogP contribution in [0, 0.1) is 0 Å². The summed E-state index contributed by atoms with van der Waals surface area (Å²) < 4.78 is 1.83. The molecule has 0 aliphatic carbocycles. The van der Waals surface area contributed by atoms with Crippen molar-refractivity contribution >= 4 is 11.0 Å². The Balaban J connectivity index is 0.000000514. The lowest BCUT2D eigenvalue weighted by molar-refractivity contribution is 0.463. The summed E-state index contributed by atoms with van der Waals surface area (Å²) in [6.45, 7) is 4.76. The zero-order chi connectivity index (χ0) is 12.4. The highest BCUT2D eigenvalue weighted by Gasteiger charge is 2.21. The Morgan fingerprint density at radius 3 is 2.88 bits per heavy atom. The number of aromatic amines is 1. The maximum absolute atomic E-state index is 11.7. The third kappa shape index (κ3) is 1.89. The molecule has 0 radical (unpaired) electrons. The Kier molecular flexibility index (Phi) is 3.33. The highest BCUT2D eigenvalue weighted by Crippen LogP contribution is 2.22. The molecule has 1 aliphatic rings. The van der Waals surface area contributed by atoms with Gasteiger partial charge in [-0.3, -0.25) is 4.57 Å². The minimum Gasteiger partial charge on any atom is -0.315 e. The molecule has 0 saturated heterocycles. The van der Waals surface area contributed by atoms with E-state index in [1.807, 2.05) is 37.6 Å². The van der Waals surface area contributed by atoms with Crippen molar-refractivity contribution < 1.29 is 0 Å². The first-order valence-electron chi connectivity index (χ1n) is 6.17. The molecule has 0 spiro atoms. The third-order valence-corrected chi connectivity index (χ3v) is 3.15. The van der Waals surface area contributed by atoms with Crippen LogP contribution in [0.5, 0.6) is 0 Å². The largest absolute Gasteiger partial charge is 0.326 e. The SMILES string of the molecule is CC.CN[C@@H]1Cc2cccc3[nH]c(=O)n(c23)C1. The molecule has 2 heterocycles. The van der Waals surface area contributed by atoms with Crippen molar-refractivity contribution in [3.8, 4) is 0 Å². The zero-order valence-electron chi connectivity index (χ0n) is 10.6. The lowest BCUT2D eigenvalue weighted by atomic mass is 10.0. The predicted molar refractivity (Wildman–Crippen MR) is 70.5 cm³/mol. The van der Waals surface area contributed by atoms with E-state index < -0.39 is 0 Å². The van der Waals surface area contributed by atoms with Crippen LogP contribution in [-0.4, -0.2) is 22.6 Å². The summed E-state index contributed by atoms with van der Waals surface area (Å²) in [5.74, 6) is 0. The summed E-state index contributed by atoms with van der Waals surface area (Å²) in [6.07, 6.45) is 0.991. The van der Waals surface area contributed by atoms with Gasteiger partial charge in [0.2, 0.25) is 0 Å². The number of H-pyrrole nitrogens is 1. The summed E-state index contributed by atoms with van der Waals surface area (Å²) in [6, 6.07) is 6.40. The van der Waals surface area contributed by atoms with Gasteiger partial charge in [0.1, 0.15) is 0 Å². The molecule has 0 fully saturated rings. The van der Waals surface area contributed by atoms with Gasteiger partial charge in [0, 0.05) is 12.6 Å². The number of para-hydroxylation sites is 1. The van der Waals surface area contributed by atoms with Crippen LogP contribution in [0.3, 0.4) is 0 Å². The van der Waals surface area contributed by atoms with Crippen LogP contribution in [0.25, 0.3) is 11.0 Å². The van der Waals surface area contributed by atoms with Crippen LogP contribution in [0.2, 0.25) is 0 Å². The highest BCUT2D eigenvalue weighted by atomic mass is 16.1. The quantitative estimate of drug-likeness (QED) is 0.784. The van der Waals surface area contributed by atoms with Crippen LogP contribution in [0.15, 0.2) is 23.0 Å². The Labute approximate surface area is 101 Å². The van der Waals surface area contributed by atoms with Gasteiger partial charge in [0.15, 0.2) is 0 Å². The van der Waals surface area contributed by atoms with Crippen LogP contribution in [0.4, 0.5) is 0 Å². The van der Waals surface area contributed by atoms with Gasteiger partial charge in [0.05, 0.1) is 11.0 Å². The van der Waals surface area contributed by atoms with Crippen LogP contribution >= 0.6 is 0 Å². The van der Waals surface area contributed by atoms with Crippen LogP contribution < -0.4 is 11.0 Å². The summed E-state index contributed by atoms with van der Waals surface area (Å²) in [5.41, 5.74) is 3.27. The monoisotopic (exact) mass is 233 g/mol. The Morgan fingerprint density at radius 2 is 2.18 bits per heavy atom. The van der Waals surface area contributed by atoms with Gasteiger partial charge in [-0.25, -0.2) is 4.79 Å². The molecule has 4 nitrogen and oxygen atoms in total. The van der Waals surface area contributed by atoms with Crippen molar-refractivity contribution in [3.05, 3.63) is 34.2 Å². The first-order valence-corrected chi connectivity index (χ1v) is 6.17. The Hall–Kier alpha value is -1.55. The molecule has 0 unspecified atom stereocenters. The Bertz CT molecular complexity index is 568. The number of nitrogens with one attached hydrogen (secondary N) is 2. The highest BCUT2D eigenvalue weighted by molar-refractivity contribution is 5.79. The molecule has 2 N–H and O–H groups in total. The van der Waals surface area contributed by atoms with Gasteiger partial charge in [-0.2, -0.15) is 0 Å². The summed E-state index contributed by atoms with van der Waals surface area (Å²) >= 11 is 0. The average molecular weight is 233 g/mol. The second kappa shape index (κ2) is 4.75. The van der Waals surface area contributed by atoms with Gasteiger partial charge < -0.3 is 10.3 Å². The standard InChI is InChI=1S/C11H13N3O.C2H6/c1-12-8-5-7-3-2-4-9-10(7)14(6-8)11(15)13-9;1-2/h2-4,8,12H,5-6H2,1H3,(H,13,15);1-2H3/t8-;/m1./s1. The number of likely N-dealkylation sites (N-methyl/N-ethyl adjacent to an activating group) is 1. The Morgan fingerprint density at radius 1 is 1.41 bits per heavy atom. The normalized spacial score (nSPS) is 17.7. The maximum atomic E-state index is 11.7. The predicted octanol–water partition coefficient (Wildman–Crippen LogP) is 1.50. The number of benzene rings is 1. The van der Waals surface area contributed by atoms with E-state index in [4.69, 9.17) is 0 Å². The van der Waals surface area contributed by atoms with Gasteiger partial charge in [-0.15, -0.1) is 0 Å². The minimum atomic E-state index is -0.00241. The minimum absolute atomic E-state index is 0.00241. The molecular formula is C13H19N3O. The third-order valence-electron chi connectivity index (χ3n) is 3.15. The molecule has 17 heavy (non-hydrogen) atoms. The molecule has 0 amide bonds. The number of hydrogen-bond acceptors (Lipinski definition) is 2. The first kappa shape index (κ1) is 11.9. The van der Waals surface area contributed by atoms with Crippen LogP contribution in [-0.2, 0) is 13.0 Å². The van der Waals surface area contributed by atoms with Crippen molar-refractivity contribution in [3.63, 3.8) is 0 Å². The fraction of sp³-hybridized carbons (Fsp3) is 0.462. The number of imidazole rings is 1. The van der Waals surface area contributed by atoms with E-state index in [9.17, 15) is 4.79 Å². The fourth-order valence-electron chi connectivity index (χ4n) is 2.38. The van der Waals surface area contributed by atoms with Crippen molar-refractivity contribution in [2.75, 3.05) is 7.05 Å². The number of aromatic nitrogens is 2. The zero-order valence-corrected chi connectivity index (χ0v) is 10.6. The molecule has 0 bridgehead atoms. The summed E-state index contributed by atoms with van der Waals surface area (Å²) in [5, 5.41) is 3.23. The molecule has 0 saturated carbocycles. The average Bonchev–Trinajstić information content (AvgIpc) is 2.70. The molecule has 1 atom stereocenters. The second-order valence-electron chi connectivity index (χ2n) is 4.04. The topological polar surface area (TPSA) is 49.8 Å². The smallest absolute Gasteiger partial charge is 0.315 e. The number of hydrogen-bond donors (Lipinski definition) is 2. The maximum Gasteiger partial charge on any atom is 0.326 e. The van der Waals surface area contributed by atoms with E-state index in [0.717, 1.165) is 24.0 Å². The van der Waals surface area contributed by atoms with Gasteiger partial charge in [-0.05, 0) is 25.1 Å². The summed E-state index contributed by atoms with van der Waals surface area (Å²) in [7, 11) is 1.94. The molecule has 1 aromatic heterocycles. The number of nitrogens with zero attached hydrogens (tertiary/aromatic N) is 1. The summed E-state index contributed by atoms with van der Waals surface area (Å²) in [4.78, 5) is 14.6. The van der Waals surface area contributed by atoms with E-state index in [-0.39, 0.29) is 5.69 Å². The van der Waals surface area contributed by atoms with E-state index >= 15 is 0 Å². The molecule has 1 aromatic carbocycles. The van der Waals surface area contributed by atoms with Gasteiger partial charge in [0.25, 0.3) is 0 Å². The van der Waals surface area contributed by atoms with Crippen LogP contribution in [0.1, 0.15) is 19.4 Å². The molecule has 1 aliphatic heterocycles. The van der Waals surface area contributed by atoms with E-state index in [2.05, 4.69) is 16.4 Å². The second-order valence-corrected chi connectivity index (χ2v) is 4.04. The lowest BCUT2D eigenvalue weighted by Crippen LogP contribution is -2.38. The molecule has 3 rings (SSSR count). The molecule has 4 heteroatoms. The van der Waals surface area contributed by atoms with Crippen molar-refractivity contribution in [2.24, 2.45) is 0 Å². The van der Waals surface area contributed by atoms with E-state index in [0.29, 0.717) is 6.04 Å². The molecular weight excluding hydrogens is 214 g/mol. The molecule has 2 aromatic rings. The van der Waals surface area contributed by atoms with Crippen molar-refractivity contribution in [1.29, 1.82) is 0 Å². The lowest BCUT2D eigenvalue weighted by Gasteiger charge is -2.22. The van der Waals surface area contributed by atoms with Crippen molar-refractivity contribution in [1.82, 2.24) is 14.9 Å². The molecule has 92 valence electrons. The number of rotatable bonds is 1. The van der Waals surface area contributed by atoms with E-state index in [1.54, 1.807) is 0 Å². The van der Waals surface area contributed by atoms with E-state index in [1.165, 1.54) is 5.56 Å². The van der Waals surface area contributed by atoms with Gasteiger partial charge in [-0.1, -0.05) is 26.0 Å². The van der Waals surface area contributed by atoms with Crippen molar-refractivity contribution in [2.45, 2.75) is 32.9 Å². The van der Waals surface area contributed by atoms with Gasteiger partial charge >= 0.3 is 5.69 Å². The fourth-order valence-corrected chi connectivity index (χ4v) is 2.38.